The van der Waals surface area contributed by atoms with Crippen molar-refractivity contribution >= 4 is 30.1 Å². The predicted octanol–water partition coefficient (Wildman–Crippen LogP) is 1.82. The molecule has 8 heteroatoms. The number of carbonyl (C=O) groups is 3. The summed E-state index contributed by atoms with van der Waals surface area (Å²) >= 11 is 0. The maximum Gasteiger partial charge on any atom is 0.262 e. The van der Waals surface area contributed by atoms with Crippen molar-refractivity contribution in [1.29, 1.82) is 0 Å². The van der Waals surface area contributed by atoms with Gasteiger partial charge in [-0.15, -0.1) is 12.4 Å². The van der Waals surface area contributed by atoms with Gasteiger partial charge in [0.2, 0.25) is 5.91 Å². The summed E-state index contributed by atoms with van der Waals surface area (Å²) in [6, 6.07) is 8.31. The molecule has 28 heavy (non-hydrogen) atoms. The third kappa shape index (κ3) is 3.27. The number of aliphatic hydroxyl groups is 1. The molecule has 146 valence electrons. The van der Waals surface area contributed by atoms with Gasteiger partial charge in [-0.05, 0) is 42.7 Å². The molecule has 1 fully saturated rings. The highest BCUT2D eigenvalue weighted by Crippen LogP contribution is 2.31. The average molecular weight is 402 g/mol. The van der Waals surface area contributed by atoms with Crippen LogP contribution >= 0.6 is 12.4 Å². The summed E-state index contributed by atoms with van der Waals surface area (Å²) in [5, 5.41) is 11.0. The van der Waals surface area contributed by atoms with Crippen molar-refractivity contribution in [2.24, 2.45) is 0 Å². The Morgan fingerprint density at radius 3 is 2.04 bits per heavy atom. The highest BCUT2D eigenvalue weighted by atomic mass is 35.5. The Hall–Kier alpha value is -2.77. The minimum atomic E-state index is -1.33. The second-order valence-electron chi connectivity index (χ2n) is 6.73. The Balaban J connectivity index is 0.00000225. The van der Waals surface area contributed by atoms with Crippen LogP contribution in [0.25, 0.3) is 0 Å². The van der Waals surface area contributed by atoms with Gasteiger partial charge in [0.1, 0.15) is 12.1 Å². The lowest BCUT2D eigenvalue weighted by atomic mass is 10.0. The van der Waals surface area contributed by atoms with E-state index in [0.29, 0.717) is 18.7 Å². The van der Waals surface area contributed by atoms with Crippen LogP contribution in [0, 0.1) is 0 Å². The third-order valence-electron chi connectivity index (χ3n) is 5.12. The topological polar surface area (TPSA) is 90.8 Å². The van der Waals surface area contributed by atoms with Crippen molar-refractivity contribution in [2.45, 2.75) is 25.0 Å². The van der Waals surface area contributed by atoms with Gasteiger partial charge in [-0.25, -0.2) is 0 Å². The van der Waals surface area contributed by atoms with E-state index in [-0.39, 0.29) is 23.5 Å². The fourth-order valence-electron chi connectivity index (χ4n) is 3.71. The van der Waals surface area contributed by atoms with Crippen molar-refractivity contribution in [1.82, 2.24) is 14.8 Å². The molecule has 0 radical (unpaired) electrons. The summed E-state index contributed by atoms with van der Waals surface area (Å²) in [5.74, 6) is -1.52. The van der Waals surface area contributed by atoms with Crippen molar-refractivity contribution in [2.75, 3.05) is 13.1 Å². The molecule has 1 N–H and O–H groups in total. The lowest BCUT2D eigenvalue weighted by Crippen LogP contribution is -2.53. The van der Waals surface area contributed by atoms with Crippen LogP contribution in [0.3, 0.4) is 0 Å². The monoisotopic (exact) mass is 401 g/mol. The van der Waals surface area contributed by atoms with Gasteiger partial charge in [-0.3, -0.25) is 24.3 Å². The number of amides is 3. The zero-order valence-electron chi connectivity index (χ0n) is 15.0. The minimum Gasteiger partial charge on any atom is -0.386 e. The first-order chi connectivity index (χ1) is 13.1. The molecule has 0 bridgehead atoms. The number of halogens is 1. The van der Waals surface area contributed by atoms with Crippen LogP contribution in [0.15, 0.2) is 48.8 Å². The molecular formula is C20H20ClN3O4. The first-order valence-electron chi connectivity index (χ1n) is 8.93. The zero-order valence-corrected chi connectivity index (χ0v) is 15.8. The SMILES string of the molecule is Cl.O=C(C(C(O)c1ccncc1)N1C(=O)c2ccccc2C1=O)N1CCCC1. The number of aliphatic hydroxyl groups excluding tert-OH is 1. The van der Waals surface area contributed by atoms with Crippen molar-refractivity contribution in [3.8, 4) is 0 Å². The molecule has 0 saturated carbocycles. The van der Waals surface area contributed by atoms with Gasteiger partial charge in [0.05, 0.1) is 11.1 Å². The number of pyridine rings is 1. The van der Waals surface area contributed by atoms with Crippen LogP contribution in [0.2, 0.25) is 0 Å². The number of imide groups is 1. The van der Waals surface area contributed by atoms with Gasteiger partial charge in [-0.2, -0.15) is 0 Å². The van der Waals surface area contributed by atoms with Gasteiger partial charge in [-0.1, -0.05) is 12.1 Å². The molecule has 0 spiro atoms. The first kappa shape index (κ1) is 20.0. The van der Waals surface area contributed by atoms with Gasteiger partial charge >= 0.3 is 0 Å². The first-order valence-corrected chi connectivity index (χ1v) is 8.93. The predicted molar refractivity (Wildman–Crippen MR) is 103 cm³/mol. The van der Waals surface area contributed by atoms with Crippen LogP contribution in [0.1, 0.15) is 45.2 Å². The largest absolute Gasteiger partial charge is 0.386 e. The Labute approximate surface area is 168 Å². The van der Waals surface area contributed by atoms with Crippen LogP contribution in [0.5, 0.6) is 0 Å². The summed E-state index contributed by atoms with van der Waals surface area (Å²) in [4.78, 5) is 45.5. The van der Waals surface area contributed by atoms with E-state index in [4.69, 9.17) is 0 Å². The van der Waals surface area contributed by atoms with E-state index in [2.05, 4.69) is 4.98 Å². The Morgan fingerprint density at radius 2 is 1.50 bits per heavy atom. The van der Waals surface area contributed by atoms with Gasteiger partial charge < -0.3 is 10.0 Å². The molecule has 3 heterocycles. The lowest BCUT2D eigenvalue weighted by Gasteiger charge is -2.32. The maximum absolute atomic E-state index is 13.2. The number of aromatic nitrogens is 1. The van der Waals surface area contributed by atoms with E-state index >= 15 is 0 Å². The number of benzene rings is 1. The number of hydrogen-bond donors (Lipinski definition) is 1. The van der Waals surface area contributed by atoms with E-state index in [1.807, 2.05) is 0 Å². The average Bonchev–Trinajstić information content (AvgIpc) is 3.32. The van der Waals surface area contributed by atoms with Crippen molar-refractivity contribution in [3.63, 3.8) is 0 Å². The van der Waals surface area contributed by atoms with Crippen LogP contribution < -0.4 is 0 Å². The molecular weight excluding hydrogens is 382 g/mol. The molecule has 2 aromatic rings. The number of likely N-dealkylation sites (tertiary alicyclic amines) is 1. The summed E-state index contributed by atoms with van der Waals surface area (Å²) in [6.07, 6.45) is 3.40. The zero-order chi connectivity index (χ0) is 19.0. The Bertz CT molecular complexity index is 864. The Kier molecular flexibility index (Phi) is 5.76. The highest BCUT2D eigenvalue weighted by Gasteiger charge is 2.47. The molecule has 4 rings (SSSR count). The van der Waals surface area contributed by atoms with Crippen LogP contribution in [-0.2, 0) is 4.79 Å². The smallest absolute Gasteiger partial charge is 0.262 e. The molecule has 1 aromatic heterocycles. The standard InChI is InChI=1S/C20H19N3O4.ClH/c24-17(13-7-9-21-10-8-13)16(20(27)22-11-3-4-12-22)23-18(25)14-5-1-2-6-15(14)19(23)26;/h1-2,5-10,16-17,24H,3-4,11-12H2;1H. The quantitative estimate of drug-likeness (QED) is 0.789. The number of carbonyl (C=O) groups excluding carboxylic acids is 3. The fourth-order valence-corrected chi connectivity index (χ4v) is 3.71. The van der Waals surface area contributed by atoms with Gasteiger partial charge in [0.15, 0.2) is 0 Å². The van der Waals surface area contributed by atoms with E-state index in [1.54, 1.807) is 41.3 Å². The molecule has 2 atom stereocenters. The lowest BCUT2D eigenvalue weighted by molar-refractivity contribution is -0.138. The molecule has 1 aromatic carbocycles. The van der Waals surface area contributed by atoms with E-state index in [9.17, 15) is 19.5 Å². The number of nitrogens with zero attached hydrogens (tertiary/aromatic N) is 3. The molecule has 2 unspecified atom stereocenters. The molecule has 0 aliphatic carbocycles. The van der Waals surface area contributed by atoms with Crippen molar-refractivity contribution < 1.29 is 19.5 Å². The maximum atomic E-state index is 13.2. The highest BCUT2D eigenvalue weighted by molar-refractivity contribution is 6.22. The Morgan fingerprint density at radius 1 is 0.964 bits per heavy atom. The minimum absolute atomic E-state index is 0. The molecule has 3 amide bonds. The van der Waals surface area contributed by atoms with Gasteiger partial charge in [0.25, 0.3) is 11.8 Å². The third-order valence-corrected chi connectivity index (χ3v) is 5.12. The fraction of sp³-hybridized carbons (Fsp3) is 0.300. The summed E-state index contributed by atoms with van der Waals surface area (Å²) in [6.45, 7) is 1.11. The molecule has 2 aliphatic rings. The van der Waals surface area contributed by atoms with Gasteiger partial charge in [0, 0.05) is 25.5 Å². The number of fused-ring (bicyclic) bond motifs is 1. The second-order valence-corrected chi connectivity index (χ2v) is 6.73. The summed E-state index contributed by atoms with van der Waals surface area (Å²) in [5.41, 5.74) is 0.936. The molecule has 7 nitrogen and oxygen atoms in total. The molecule has 1 saturated heterocycles. The molecule has 2 aliphatic heterocycles. The van der Waals surface area contributed by atoms with Crippen LogP contribution in [0.4, 0.5) is 0 Å². The van der Waals surface area contributed by atoms with E-state index in [1.165, 1.54) is 12.4 Å². The number of rotatable bonds is 4. The van der Waals surface area contributed by atoms with Crippen molar-refractivity contribution in [3.05, 3.63) is 65.5 Å². The van der Waals surface area contributed by atoms with Crippen LogP contribution in [-0.4, -0.2) is 56.7 Å². The summed E-state index contributed by atoms with van der Waals surface area (Å²) in [7, 11) is 0. The normalized spacial score (nSPS) is 17.9. The second kappa shape index (κ2) is 8.08. The number of hydrogen-bond acceptors (Lipinski definition) is 5. The van der Waals surface area contributed by atoms with E-state index in [0.717, 1.165) is 17.7 Å². The van der Waals surface area contributed by atoms with E-state index < -0.39 is 29.9 Å². The summed E-state index contributed by atoms with van der Waals surface area (Å²) < 4.78 is 0.